The van der Waals surface area contributed by atoms with Gasteiger partial charge in [0.25, 0.3) is 0 Å². The summed E-state index contributed by atoms with van der Waals surface area (Å²) in [6.45, 7) is 0.972. The molecule has 4 heteroatoms. The molecular formula is C8H14ClNO2. The van der Waals surface area contributed by atoms with Crippen LogP contribution in [-0.4, -0.2) is 25.7 Å². The van der Waals surface area contributed by atoms with Crippen LogP contribution in [0, 0.1) is 5.41 Å². The number of nitrogens with one attached hydrogen (secondary N) is 1. The Kier molecular flexibility index (Phi) is 2.64. The lowest BCUT2D eigenvalue weighted by Gasteiger charge is -2.50. The second kappa shape index (κ2) is 3.23. The first-order valence-corrected chi connectivity index (χ1v) is 4.09. The largest absolute Gasteiger partial charge is 0.469 e. The maximum atomic E-state index is 11.3. The summed E-state index contributed by atoms with van der Waals surface area (Å²) in [5.41, 5.74) is -0.0926. The van der Waals surface area contributed by atoms with Crippen molar-refractivity contribution in [2.24, 2.45) is 5.41 Å². The van der Waals surface area contributed by atoms with Crippen molar-refractivity contribution in [2.75, 3.05) is 13.7 Å². The molecule has 70 valence electrons. The molecule has 2 bridgehead atoms. The summed E-state index contributed by atoms with van der Waals surface area (Å²) in [7, 11) is 1.48. The molecule has 3 fully saturated rings. The Labute approximate surface area is 78.3 Å². The average molecular weight is 192 g/mol. The number of piperidine rings is 2. The quantitative estimate of drug-likeness (QED) is 0.621. The zero-order chi connectivity index (χ0) is 7.90. The van der Waals surface area contributed by atoms with E-state index in [0.29, 0.717) is 6.04 Å². The predicted octanol–water partition coefficient (Wildman–Crippen LogP) is 0.723. The van der Waals surface area contributed by atoms with E-state index in [-0.39, 0.29) is 23.8 Å². The fourth-order valence-electron chi connectivity index (χ4n) is 2.23. The van der Waals surface area contributed by atoms with Gasteiger partial charge in [-0.15, -0.1) is 12.4 Å². The highest BCUT2D eigenvalue weighted by Crippen LogP contribution is 2.47. The molecule has 3 rings (SSSR count). The smallest absolute Gasteiger partial charge is 0.311 e. The molecule has 1 saturated carbocycles. The summed E-state index contributed by atoms with van der Waals surface area (Å²) in [4.78, 5) is 11.3. The van der Waals surface area contributed by atoms with Crippen LogP contribution in [0.2, 0.25) is 0 Å². The van der Waals surface area contributed by atoms with Gasteiger partial charge in [-0.05, 0) is 25.8 Å². The minimum absolute atomic E-state index is 0. The molecule has 0 spiro atoms. The van der Waals surface area contributed by atoms with Crippen molar-refractivity contribution in [2.45, 2.75) is 25.3 Å². The second-order valence-electron chi connectivity index (χ2n) is 3.58. The van der Waals surface area contributed by atoms with Gasteiger partial charge in [-0.3, -0.25) is 4.79 Å². The van der Waals surface area contributed by atoms with E-state index in [2.05, 4.69) is 5.32 Å². The topological polar surface area (TPSA) is 38.3 Å². The van der Waals surface area contributed by atoms with Crippen LogP contribution in [0.25, 0.3) is 0 Å². The van der Waals surface area contributed by atoms with E-state index in [1.165, 1.54) is 7.11 Å². The van der Waals surface area contributed by atoms with Crippen LogP contribution in [0.3, 0.4) is 0 Å². The minimum Gasteiger partial charge on any atom is -0.469 e. The lowest BCUT2D eigenvalue weighted by atomic mass is 9.61. The van der Waals surface area contributed by atoms with Crippen molar-refractivity contribution < 1.29 is 9.53 Å². The zero-order valence-electron chi connectivity index (χ0n) is 7.13. The molecule has 0 amide bonds. The van der Waals surface area contributed by atoms with Gasteiger partial charge in [0.2, 0.25) is 0 Å². The normalized spacial score (nSPS) is 37.6. The molecule has 0 unspecified atom stereocenters. The number of hydrogen-bond donors (Lipinski definition) is 1. The maximum Gasteiger partial charge on any atom is 0.311 e. The van der Waals surface area contributed by atoms with Crippen molar-refractivity contribution in [1.29, 1.82) is 0 Å². The summed E-state index contributed by atoms with van der Waals surface area (Å²) in [5, 5.41) is 3.34. The van der Waals surface area contributed by atoms with Gasteiger partial charge in [-0.1, -0.05) is 0 Å². The van der Waals surface area contributed by atoms with E-state index >= 15 is 0 Å². The van der Waals surface area contributed by atoms with Crippen LogP contribution in [-0.2, 0) is 9.53 Å². The number of rotatable bonds is 1. The number of ether oxygens (including phenoxy) is 1. The SMILES string of the molecule is COC(=O)C12CCNC(C1)C2.Cl. The van der Waals surface area contributed by atoms with Gasteiger partial charge in [-0.2, -0.15) is 0 Å². The van der Waals surface area contributed by atoms with E-state index in [0.717, 1.165) is 25.8 Å². The Morgan fingerprint density at radius 1 is 1.58 bits per heavy atom. The van der Waals surface area contributed by atoms with Crippen molar-refractivity contribution in [3.05, 3.63) is 0 Å². The summed E-state index contributed by atoms with van der Waals surface area (Å²) in [6, 6.07) is 0.586. The fraction of sp³-hybridized carbons (Fsp3) is 0.875. The van der Waals surface area contributed by atoms with Gasteiger partial charge >= 0.3 is 5.97 Å². The number of carbonyl (C=O) groups is 1. The third kappa shape index (κ3) is 1.21. The molecule has 0 atom stereocenters. The first-order valence-electron chi connectivity index (χ1n) is 4.09. The minimum atomic E-state index is -0.0926. The molecule has 1 N–H and O–H groups in total. The summed E-state index contributed by atoms with van der Waals surface area (Å²) in [6.07, 6.45) is 2.93. The third-order valence-corrected chi connectivity index (χ3v) is 2.93. The summed E-state index contributed by atoms with van der Waals surface area (Å²) >= 11 is 0. The van der Waals surface area contributed by atoms with Gasteiger partial charge in [-0.25, -0.2) is 0 Å². The van der Waals surface area contributed by atoms with Crippen molar-refractivity contribution >= 4 is 18.4 Å². The van der Waals surface area contributed by atoms with Gasteiger partial charge in [0.05, 0.1) is 12.5 Å². The number of fused-ring (bicyclic) bond motifs is 2. The van der Waals surface area contributed by atoms with E-state index in [1.54, 1.807) is 0 Å². The van der Waals surface area contributed by atoms with E-state index in [1.807, 2.05) is 0 Å². The number of methoxy groups -OCH3 is 1. The molecule has 0 aromatic heterocycles. The predicted molar refractivity (Wildman–Crippen MR) is 47.3 cm³/mol. The molecule has 0 aromatic rings. The number of esters is 1. The lowest BCUT2D eigenvalue weighted by Crippen LogP contribution is -2.59. The van der Waals surface area contributed by atoms with Crippen molar-refractivity contribution in [3.8, 4) is 0 Å². The van der Waals surface area contributed by atoms with Gasteiger partial charge in [0, 0.05) is 6.04 Å². The van der Waals surface area contributed by atoms with Crippen molar-refractivity contribution in [3.63, 3.8) is 0 Å². The molecule has 2 aliphatic heterocycles. The summed E-state index contributed by atoms with van der Waals surface area (Å²) in [5.74, 6) is -0.00440. The Morgan fingerprint density at radius 2 is 2.25 bits per heavy atom. The lowest BCUT2D eigenvalue weighted by molar-refractivity contribution is -0.163. The van der Waals surface area contributed by atoms with Crippen LogP contribution in [0.1, 0.15) is 19.3 Å². The molecule has 2 heterocycles. The van der Waals surface area contributed by atoms with E-state index in [9.17, 15) is 4.79 Å². The van der Waals surface area contributed by atoms with E-state index < -0.39 is 0 Å². The first-order chi connectivity index (χ1) is 5.27. The number of halogens is 1. The van der Waals surface area contributed by atoms with Gasteiger partial charge < -0.3 is 10.1 Å². The standard InChI is InChI=1S/C8H13NO2.ClH/c1-11-7(10)8-2-3-9-6(4-8)5-8;/h6,9H,2-5H2,1H3;1H. The molecule has 1 aliphatic carbocycles. The zero-order valence-corrected chi connectivity index (χ0v) is 7.95. The van der Waals surface area contributed by atoms with E-state index in [4.69, 9.17) is 4.74 Å². The Morgan fingerprint density at radius 3 is 2.67 bits per heavy atom. The van der Waals surface area contributed by atoms with Crippen LogP contribution < -0.4 is 5.32 Å². The van der Waals surface area contributed by atoms with Crippen LogP contribution >= 0.6 is 12.4 Å². The Balaban J connectivity index is 0.000000720. The highest BCUT2D eigenvalue weighted by atomic mass is 35.5. The van der Waals surface area contributed by atoms with Crippen molar-refractivity contribution in [1.82, 2.24) is 5.32 Å². The molecule has 2 saturated heterocycles. The fourth-order valence-corrected chi connectivity index (χ4v) is 2.23. The van der Waals surface area contributed by atoms with Crippen LogP contribution in [0.15, 0.2) is 0 Å². The molecular weight excluding hydrogens is 178 g/mol. The van der Waals surface area contributed by atoms with Gasteiger partial charge in [0.1, 0.15) is 0 Å². The van der Waals surface area contributed by atoms with Crippen LogP contribution in [0.5, 0.6) is 0 Å². The monoisotopic (exact) mass is 191 g/mol. The Hall–Kier alpha value is -0.280. The average Bonchev–Trinajstić information content (AvgIpc) is 2.02. The molecule has 0 radical (unpaired) electrons. The maximum absolute atomic E-state index is 11.3. The third-order valence-electron chi connectivity index (χ3n) is 2.93. The number of carbonyl (C=O) groups excluding carboxylic acids is 1. The molecule has 0 aromatic carbocycles. The highest BCUT2D eigenvalue weighted by Gasteiger charge is 2.53. The second-order valence-corrected chi connectivity index (χ2v) is 3.58. The molecule has 3 nitrogen and oxygen atoms in total. The molecule has 3 aliphatic rings. The summed E-state index contributed by atoms with van der Waals surface area (Å²) < 4.78 is 4.76. The number of hydrogen-bond acceptors (Lipinski definition) is 3. The molecule has 12 heavy (non-hydrogen) atoms. The highest BCUT2D eigenvalue weighted by molar-refractivity contribution is 5.85. The van der Waals surface area contributed by atoms with Gasteiger partial charge in [0.15, 0.2) is 0 Å². The first kappa shape index (κ1) is 9.81. The Bertz CT molecular complexity index is 184. The van der Waals surface area contributed by atoms with Crippen LogP contribution in [0.4, 0.5) is 0 Å².